The van der Waals surface area contributed by atoms with E-state index in [0.717, 1.165) is 42.0 Å². The van der Waals surface area contributed by atoms with Crippen LogP contribution in [-0.2, 0) is 32.6 Å². The summed E-state index contributed by atoms with van der Waals surface area (Å²) >= 11 is 12.8. The quantitative estimate of drug-likeness (QED) is 0.158. The summed E-state index contributed by atoms with van der Waals surface area (Å²) in [5.74, 6) is -0.370. The highest BCUT2D eigenvalue weighted by molar-refractivity contribution is 7.92. The Hall–Kier alpha value is -4.05. The molecule has 1 aliphatic carbocycles. The summed E-state index contributed by atoms with van der Waals surface area (Å²) in [7, 11) is -2.74. The van der Waals surface area contributed by atoms with Crippen molar-refractivity contribution in [1.29, 1.82) is 0 Å². The lowest BCUT2D eigenvalue weighted by atomic mass is 9.94. The van der Waals surface area contributed by atoms with E-state index in [0.29, 0.717) is 27.0 Å². The Morgan fingerprint density at radius 2 is 1.52 bits per heavy atom. The number of nitrogens with zero attached hydrogens (tertiary/aromatic N) is 2. The number of amides is 2. The van der Waals surface area contributed by atoms with Crippen molar-refractivity contribution in [3.63, 3.8) is 0 Å². The van der Waals surface area contributed by atoms with Crippen molar-refractivity contribution in [2.75, 3.05) is 18.0 Å². The molecule has 4 aromatic carbocycles. The molecule has 0 aromatic heterocycles. The maximum absolute atomic E-state index is 14.7. The maximum atomic E-state index is 14.7. The van der Waals surface area contributed by atoms with Crippen molar-refractivity contribution < 1.29 is 22.7 Å². The molecule has 8 nitrogen and oxygen atoms in total. The highest BCUT2D eigenvalue weighted by Gasteiger charge is 2.35. The van der Waals surface area contributed by atoms with Gasteiger partial charge in [-0.05, 0) is 72.5 Å². The molecule has 1 fully saturated rings. The van der Waals surface area contributed by atoms with E-state index in [9.17, 15) is 18.0 Å². The number of para-hydroxylation sites is 1. The number of benzene rings is 4. The molecule has 1 N–H and O–H groups in total. The number of carbonyl (C=O) groups excluding carboxylic acids is 2. The number of methoxy groups -OCH3 is 1. The summed E-state index contributed by atoms with van der Waals surface area (Å²) < 4.78 is 34.7. The molecular weight excluding hydrogens is 669 g/mol. The van der Waals surface area contributed by atoms with Crippen LogP contribution in [0.25, 0.3) is 0 Å². The SMILES string of the molecule is COc1ccc(S(=O)(=O)N(CC(=O)N(Cc2ccc(Cl)cc2Cl)[C@@H](Cc2ccccc2)C(=O)NC2CCCCC2)c2ccccc2)cc1. The van der Waals surface area contributed by atoms with E-state index >= 15 is 0 Å². The second-order valence-electron chi connectivity index (χ2n) is 11.8. The molecule has 0 heterocycles. The van der Waals surface area contributed by atoms with Gasteiger partial charge in [-0.1, -0.05) is 97.1 Å². The molecular formula is C37H39Cl2N3O5S. The molecule has 48 heavy (non-hydrogen) atoms. The predicted octanol–water partition coefficient (Wildman–Crippen LogP) is 7.29. The van der Waals surface area contributed by atoms with E-state index in [1.807, 2.05) is 30.3 Å². The van der Waals surface area contributed by atoms with Crippen LogP contribution in [0.2, 0.25) is 10.0 Å². The number of anilines is 1. The maximum Gasteiger partial charge on any atom is 0.264 e. The third-order valence-electron chi connectivity index (χ3n) is 8.55. The van der Waals surface area contributed by atoms with Gasteiger partial charge in [0.1, 0.15) is 18.3 Å². The molecule has 11 heteroatoms. The van der Waals surface area contributed by atoms with Crippen LogP contribution >= 0.6 is 23.2 Å². The predicted molar refractivity (Wildman–Crippen MR) is 190 cm³/mol. The van der Waals surface area contributed by atoms with Crippen molar-refractivity contribution in [1.82, 2.24) is 10.2 Å². The molecule has 4 aromatic rings. The first-order valence-corrected chi connectivity index (χ1v) is 18.1. The zero-order chi connectivity index (χ0) is 34.1. The van der Waals surface area contributed by atoms with Crippen molar-refractivity contribution >= 4 is 50.7 Å². The normalized spacial score (nSPS) is 14.1. The Bertz CT molecular complexity index is 1790. The zero-order valence-corrected chi connectivity index (χ0v) is 29.1. The molecule has 0 aliphatic heterocycles. The third kappa shape index (κ3) is 8.89. The van der Waals surface area contributed by atoms with Crippen molar-refractivity contribution in [3.05, 3.63) is 124 Å². The van der Waals surface area contributed by atoms with Crippen molar-refractivity contribution in [2.24, 2.45) is 0 Å². The fraction of sp³-hybridized carbons (Fsp3) is 0.297. The summed E-state index contributed by atoms with van der Waals surface area (Å²) in [5, 5.41) is 3.97. The molecule has 1 aliphatic rings. The summed E-state index contributed by atoms with van der Waals surface area (Å²) in [6.45, 7) is -0.610. The Morgan fingerprint density at radius 1 is 0.875 bits per heavy atom. The van der Waals surface area contributed by atoms with E-state index in [2.05, 4.69) is 5.32 Å². The van der Waals surface area contributed by atoms with Crippen LogP contribution in [0.5, 0.6) is 5.75 Å². The summed E-state index contributed by atoms with van der Waals surface area (Å²) in [5.41, 5.74) is 1.73. The third-order valence-corrected chi connectivity index (χ3v) is 10.9. The van der Waals surface area contributed by atoms with E-state index in [1.165, 1.54) is 24.1 Å². The molecule has 1 atom stereocenters. The molecule has 5 rings (SSSR count). The minimum Gasteiger partial charge on any atom is -0.497 e. The van der Waals surface area contributed by atoms with Gasteiger partial charge >= 0.3 is 0 Å². The van der Waals surface area contributed by atoms with Crippen LogP contribution in [0.3, 0.4) is 0 Å². The van der Waals surface area contributed by atoms with Gasteiger partial charge in [0.2, 0.25) is 11.8 Å². The minimum absolute atomic E-state index is 0.00291. The fourth-order valence-electron chi connectivity index (χ4n) is 5.93. The molecule has 0 bridgehead atoms. The number of hydrogen-bond acceptors (Lipinski definition) is 5. The Morgan fingerprint density at radius 3 is 2.15 bits per heavy atom. The average Bonchev–Trinajstić information content (AvgIpc) is 3.10. The first-order chi connectivity index (χ1) is 23.2. The molecule has 252 valence electrons. The van der Waals surface area contributed by atoms with Gasteiger partial charge in [0.15, 0.2) is 0 Å². The Balaban J connectivity index is 1.56. The minimum atomic E-state index is -4.24. The van der Waals surface area contributed by atoms with Gasteiger partial charge in [-0.15, -0.1) is 0 Å². The highest BCUT2D eigenvalue weighted by Crippen LogP contribution is 2.28. The van der Waals surface area contributed by atoms with Gasteiger partial charge in [-0.3, -0.25) is 13.9 Å². The van der Waals surface area contributed by atoms with Crippen LogP contribution in [-0.4, -0.2) is 50.9 Å². The first kappa shape index (κ1) is 35.3. The lowest BCUT2D eigenvalue weighted by molar-refractivity contribution is -0.140. The molecule has 0 saturated heterocycles. The van der Waals surface area contributed by atoms with Crippen LogP contribution in [0.15, 0.2) is 108 Å². The van der Waals surface area contributed by atoms with Crippen LogP contribution in [0, 0.1) is 0 Å². The molecule has 0 radical (unpaired) electrons. The number of ether oxygens (including phenoxy) is 1. The van der Waals surface area contributed by atoms with Crippen molar-refractivity contribution in [3.8, 4) is 5.75 Å². The smallest absolute Gasteiger partial charge is 0.264 e. The van der Waals surface area contributed by atoms with Gasteiger partial charge in [-0.25, -0.2) is 8.42 Å². The number of nitrogens with one attached hydrogen (secondary N) is 1. The second kappa shape index (κ2) is 16.4. The van der Waals surface area contributed by atoms with E-state index in [1.54, 1.807) is 60.7 Å². The van der Waals surface area contributed by atoms with E-state index in [4.69, 9.17) is 27.9 Å². The second-order valence-corrected chi connectivity index (χ2v) is 14.5. The topological polar surface area (TPSA) is 96.0 Å². The molecule has 0 spiro atoms. The molecule has 0 unspecified atom stereocenters. The lowest BCUT2D eigenvalue weighted by Gasteiger charge is -2.35. The summed E-state index contributed by atoms with van der Waals surface area (Å²) in [6, 6.07) is 27.9. The monoisotopic (exact) mass is 707 g/mol. The number of hydrogen-bond donors (Lipinski definition) is 1. The number of sulfonamides is 1. The van der Waals surface area contributed by atoms with Gasteiger partial charge < -0.3 is 15.0 Å². The number of carbonyl (C=O) groups is 2. The van der Waals surface area contributed by atoms with E-state index in [-0.39, 0.29) is 29.8 Å². The first-order valence-electron chi connectivity index (χ1n) is 16.0. The van der Waals surface area contributed by atoms with Gasteiger partial charge in [0.25, 0.3) is 10.0 Å². The van der Waals surface area contributed by atoms with Gasteiger partial charge in [-0.2, -0.15) is 0 Å². The zero-order valence-electron chi connectivity index (χ0n) is 26.7. The number of halogens is 2. The fourth-order valence-corrected chi connectivity index (χ4v) is 7.81. The summed E-state index contributed by atoms with van der Waals surface area (Å²) in [6.07, 6.45) is 5.11. The van der Waals surface area contributed by atoms with Crippen LogP contribution in [0.1, 0.15) is 43.2 Å². The van der Waals surface area contributed by atoms with Crippen LogP contribution in [0.4, 0.5) is 5.69 Å². The van der Waals surface area contributed by atoms with E-state index < -0.39 is 28.5 Å². The largest absolute Gasteiger partial charge is 0.497 e. The van der Waals surface area contributed by atoms with Crippen molar-refractivity contribution in [2.45, 2.75) is 62.0 Å². The Labute approximate surface area is 292 Å². The van der Waals surface area contributed by atoms with Crippen LogP contribution < -0.4 is 14.4 Å². The average molecular weight is 709 g/mol. The summed E-state index contributed by atoms with van der Waals surface area (Å²) in [4.78, 5) is 30.3. The highest BCUT2D eigenvalue weighted by atomic mass is 35.5. The number of rotatable bonds is 13. The molecule has 1 saturated carbocycles. The standard InChI is InChI=1S/C37H39Cl2N3O5S/c1-47-32-19-21-33(22-20-32)48(45,46)42(31-15-9-4-10-16-31)26-36(43)41(25-28-17-18-29(38)24-34(28)39)35(23-27-11-5-2-6-12-27)37(44)40-30-13-7-3-8-14-30/h2,4-6,9-12,15-22,24,30,35H,3,7-8,13-14,23,25-26H2,1H3,(H,40,44)/t35-/m0/s1. The van der Waals surface area contributed by atoms with Gasteiger partial charge in [0, 0.05) is 29.1 Å². The molecule has 2 amide bonds. The Kier molecular flexibility index (Phi) is 12.0. The van der Waals surface area contributed by atoms with Gasteiger partial charge in [0.05, 0.1) is 17.7 Å². The lowest BCUT2D eigenvalue weighted by Crippen LogP contribution is -2.55.